The van der Waals surface area contributed by atoms with Gasteiger partial charge in [0.2, 0.25) is 0 Å². The summed E-state index contributed by atoms with van der Waals surface area (Å²) in [5.41, 5.74) is 0.576. The summed E-state index contributed by atoms with van der Waals surface area (Å²) in [6, 6.07) is 7.41. The van der Waals surface area contributed by atoms with E-state index in [0.29, 0.717) is 12.1 Å². The lowest BCUT2D eigenvalue weighted by atomic mass is 9.93. The van der Waals surface area contributed by atoms with E-state index in [1.165, 1.54) is 19.3 Å². The molecule has 0 saturated carbocycles. The number of carbonyl (C=O) groups excluding carboxylic acids is 1. The minimum absolute atomic E-state index is 0. The predicted octanol–water partition coefficient (Wildman–Crippen LogP) is 4.67. The van der Waals surface area contributed by atoms with Crippen molar-refractivity contribution in [2.45, 2.75) is 65.4 Å². The molecule has 0 atom stereocenters. The molecular formula is C22H38N2O3. The zero-order chi connectivity index (χ0) is 19.7. The van der Waals surface area contributed by atoms with Gasteiger partial charge in [-0.3, -0.25) is 9.63 Å². The number of nitrogens with one attached hydrogen (secondary N) is 1. The number of piperidine rings is 1. The molecule has 27 heavy (non-hydrogen) atoms. The molecule has 0 unspecified atom stereocenters. The molecule has 1 saturated heterocycles. The molecule has 0 spiro atoms. The molecule has 2 rings (SSSR count). The Bertz CT molecular complexity index is 564. The van der Waals surface area contributed by atoms with Crippen LogP contribution in [0.5, 0.6) is 5.75 Å². The van der Waals surface area contributed by atoms with Crippen LogP contribution in [0.25, 0.3) is 0 Å². The van der Waals surface area contributed by atoms with Crippen molar-refractivity contribution in [2.24, 2.45) is 5.92 Å². The number of ether oxygens (including phenoxy) is 1. The highest BCUT2D eigenvalue weighted by Crippen LogP contribution is 2.24. The van der Waals surface area contributed by atoms with Crippen molar-refractivity contribution in [2.75, 3.05) is 26.2 Å². The Morgan fingerprint density at radius 2 is 1.89 bits per heavy atom. The van der Waals surface area contributed by atoms with Crippen molar-refractivity contribution in [1.82, 2.24) is 10.4 Å². The Morgan fingerprint density at radius 3 is 2.48 bits per heavy atom. The average Bonchev–Trinajstić information content (AvgIpc) is 2.64. The molecule has 0 aromatic heterocycles. The molecule has 1 fully saturated rings. The van der Waals surface area contributed by atoms with Crippen LogP contribution in [0.3, 0.4) is 0 Å². The molecule has 154 valence electrons. The van der Waals surface area contributed by atoms with E-state index < -0.39 is 0 Å². The van der Waals surface area contributed by atoms with E-state index in [4.69, 9.17) is 9.57 Å². The summed E-state index contributed by atoms with van der Waals surface area (Å²) >= 11 is 0. The summed E-state index contributed by atoms with van der Waals surface area (Å²) in [7, 11) is 0. The van der Waals surface area contributed by atoms with Gasteiger partial charge in [0.25, 0.3) is 5.91 Å². The largest absolute Gasteiger partial charge is 0.494 e. The number of carbonyl (C=O) groups is 1. The maximum Gasteiger partial charge on any atom is 0.251 e. The third-order valence-electron chi connectivity index (χ3n) is 4.65. The second kappa shape index (κ2) is 10.7. The van der Waals surface area contributed by atoms with Gasteiger partial charge in [0.05, 0.1) is 12.2 Å². The lowest BCUT2D eigenvalue weighted by Crippen LogP contribution is -2.39. The number of benzene rings is 1. The molecule has 1 aromatic carbocycles. The molecule has 5 heteroatoms. The zero-order valence-electron chi connectivity index (χ0n) is 17.4. The molecule has 1 aliphatic rings. The molecule has 0 aliphatic carbocycles. The fourth-order valence-electron chi connectivity index (χ4n) is 3.28. The van der Waals surface area contributed by atoms with Gasteiger partial charge in [0, 0.05) is 26.6 Å². The SMILES string of the molecule is CCCNC(=O)c1ccc(OCCCC2CCN(OC(C)(C)C)CC2)cc1.[HH]. The molecular weight excluding hydrogens is 340 g/mol. The van der Waals surface area contributed by atoms with E-state index in [-0.39, 0.29) is 12.9 Å². The molecule has 1 amide bonds. The van der Waals surface area contributed by atoms with Crippen molar-refractivity contribution in [3.63, 3.8) is 0 Å². The van der Waals surface area contributed by atoms with E-state index in [1.807, 2.05) is 31.2 Å². The van der Waals surface area contributed by atoms with Crippen LogP contribution in [0.15, 0.2) is 24.3 Å². The van der Waals surface area contributed by atoms with Gasteiger partial charge in [-0.2, -0.15) is 5.06 Å². The predicted molar refractivity (Wildman–Crippen MR) is 111 cm³/mol. The highest BCUT2D eigenvalue weighted by molar-refractivity contribution is 5.94. The van der Waals surface area contributed by atoms with Crippen molar-refractivity contribution in [3.8, 4) is 5.75 Å². The van der Waals surface area contributed by atoms with Crippen LogP contribution < -0.4 is 10.1 Å². The number of amides is 1. The van der Waals surface area contributed by atoms with Crippen LogP contribution in [-0.4, -0.2) is 42.8 Å². The van der Waals surface area contributed by atoms with Crippen molar-refractivity contribution in [1.29, 1.82) is 0 Å². The maximum absolute atomic E-state index is 11.9. The Kier molecular flexibility index (Phi) is 8.58. The molecule has 1 aliphatic heterocycles. The summed E-state index contributed by atoms with van der Waals surface area (Å²) in [5, 5.41) is 5.00. The first-order valence-electron chi connectivity index (χ1n) is 10.3. The summed E-state index contributed by atoms with van der Waals surface area (Å²) in [6.07, 6.45) is 5.58. The smallest absolute Gasteiger partial charge is 0.251 e. The zero-order valence-corrected chi connectivity index (χ0v) is 17.4. The van der Waals surface area contributed by atoms with Gasteiger partial charge in [0.1, 0.15) is 5.75 Å². The van der Waals surface area contributed by atoms with Crippen LogP contribution in [0.1, 0.15) is 71.6 Å². The summed E-state index contributed by atoms with van der Waals surface area (Å²) in [6.45, 7) is 11.8. The lowest BCUT2D eigenvalue weighted by molar-refractivity contribution is -0.238. The van der Waals surface area contributed by atoms with Gasteiger partial charge < -0.3 is 10.1 Å². The Balaban J connectivity index is 0.00000392. The second-order valence-corrected chi connectivity index (χ2v) is 8.35. The van der Waals surface area contributed by atoms with E-state index in [9.17, 15) is 4.79 Å². The van der Waals surface area contributed by atoms with E-state index in [1.54, 1.807) is 0 Å². The number of hydroxylamine groups is 2. The molecule has 0 radical (unpaired) electrons. The van der Waals surface area contributed by atoms with E-state index in [0.717, 1.165) is 44.2 Å². The summed E-state index contributed by atoms with van der Waals surface area (Å²) in [4.78, 5) is 17.8. The lowest BCUT2D eigenvalue weighted by Gasteiger charge is -2.35. The average molecular weight is 379 g/mol. The fraction of sp³-hybridized carbons (Fsp3) is 0.682. The minimum Gasteiger partial charge on any atom is -0.494 e. The van der Waals surface area contributed by atoms with Gasteiger partial charge in [-0.25, -0.2) is 0 Å². The molecule has 1 aromatic rings. The van der Waals surface area contributed by atoms with Gasteiger partial charge in [-0.05, 0) is 83.1 Å². The quantitative estimate of drug-likeness (QED) is 0.634. The first kappa shape index (κ1) is 21.7. The molecule has 5 nitrogen and oxygen atoms in total. The molecule has 1 N–H and O–H groups in total. The monoisotopic (exact) mass is 378 g/mol. The summed E-state index contributed by atoms with van der Waals surface area (Å²) in [5.74, 6) is 1.57. The van der Waals surface area contributed by atoms with Crippen LogP contribution in [-0.2, 0) is 4.84 Å². The van der Waals surface area contributed by atoms with Gasteiger partial charge in [-0.1, -0.05) is 6.92 Å². The number of hydrogen-bond donors (Lipinski definition) is 1. The van der Waals surface area contributed by atoms with Gasteiger partial charge in [-0.15, -0.1) is 0 Å². The van der Waals surface area contributed by atoms with Gasteiger partial charge >= 0.3 is 0 Å². The van der Waals surface area contributed by atoms with Crippen molar-refractivity contribution < 1.29 is 15.8 Å². The van der Waals surface area contributed by atoms with Crippen molar-refractivity contribution >= 4 is 5.91 Å². The molecule has 1 heterocycles. The van der Waals surface area contributed by atoms with Crippen LogP contribution in [0.2, 0.25) is 0 Å². The van der Waals surface area contributed by atoms with E-state index in [2.05, 4.69) is 31.2 Å². The fourth-order valence-corrected chi connectivity index (χ4v) is 3.28. The van der Waals surface area contributed by atoms with E-state index >= 15 is 0 Å². The standard InChI is InChI=1S/C22H36N2O3.H2/c1-5-14-23-21(25)19-8-10-20(11-9-19)26-17-6-7-18-12-15-24(16-13-18)27-22(2,3)4;/h8-11,18H,5-7,12-17H2,1-4H3,(H,23,25);1H. The van der Waals surface area contributed by atoms with Crippen LogP contribution >= 0.6 is 0 Å². The number of hydrogen-bond acceptors (Lipinski definition) is 4. The second-order valence-electron chi connectivity index (χ2n) is 8.35. The third-order valence-corrected chi connectivity index (χ3v) is 4.65. The topological polar surface area (TPSA) is 50.8 Å². The Hall–Kier alpha value is -1.59. The van der Waals surface area contributed by atoms with Crippen LogP contribution in [0, 0.1) is 5.92 Å². The van der Waals surface area contributed by atoms with Crippen LogP contribution in [0.4, 0.5) is 0 Å². The first-order valence-corrected chi connectivity index (χ1v) is 10.3. The van der Waals surface area contributed by atoms with Crippen molar-refractivity contribution in [3.05, 3.63) is 29.8 Å². The first-order chi connectivity index (χ1) is 12.9. The Morgan fingerprint density at radius 1 is 1.22 bits per heavy atom. The number of nitrogens with zero attached hydrogens (tertiary/aromatic N) is 1. The minimum atomic E-state index is -0.104. The van der Waals surface area contributed by atoms with Gasteiger partial charge in [0.15, 0.2) is 0 Å². The molecule has 0 bridgehead atoms. The summed E-state index contributed by atoms with van der Waals surface area (Å²) < 4.78 is 5.83. The highest BCUT2D eigenvalue weighted by atomic mass is 16.7. The maximum atomic E-state index is 11.9. The third kappa shape index (κ3) is 8.31. The normalized spacial score (nSPS) is 16.3. The highest BCUT2D eigenvalue weighted by Gasteiger charge is 2.23. The Labute approximate surface area is 165 Å². The number of rotatable bonds is 9.